The van der Waals surface area contributed by atoms with E-state index in [4.69, 9.17) is 27.8 Å². The van der Waals surface area contributed by atoms with E-state index in [0.717, 1.165) is 54.6 Å². The number of methoxy groups -OCH3 is 2. The van der Waals surface area contributed by atoms with Gasteiger partial charge in [-0.3, -0.25) is 0 Å². The maximum atomic E-state index is 12.2. The summed E-state index contributed by atoms with van der Waals surface area (Å²) in [4.78, 5) is 24.1. The molecule has 0 radical (unpaired) electrons. The highest BCUT2D eigenvalue weighted by molar-refractivity contribution is 6.78. The highest BCUT2D eigenvalue weighted by Crippen LogP contribution is 2.45. The van der Waals surface area contributed by atoms with Gasteiger partial charge in [-0.1, -0.05) is 162 Å². The average molecular weight is 1010 g/mol. The molecule has 5 atom stereocenters. The van der Waals surface area contributed by atoms with E-state index in [-0.39, 0.29) is 36.2 Å². The van der Waals surface area contributed by atoms with Crippen molar-refractivity contribution in [3.05, 3.63) is 102 Å². The average Bonchev–Trinajstić information content (AvgIpc) is 3.26. The van der Waals surface area contributed by atoms with Crippen LogP contribution in [0.5, 0.6) is 5.75 Å². The van der Waals surface area contributed by atoms with Gasteiger partial charge in [-0.25, -0.2) is 9.59 Å². The molecule has 0 saturated heterocycles. The maximum absolute atomic E-state index is 12.2. The Bertz CT molecular complexity index is 1800. The van der Waals surface area contributed by atoms with Gasteiger partial charge in [0.25, 0.3) is 0 Å². The topological polar surface area (TPSA) is 110 Å². The molecule has 0 bridgehead atoms. The molecule has 0 aliphatic carbocycles. The zero-order valence-corrected chi connectivity index (χ0v) is 49.6. The smallest absolute Gasteiger partial charge is 0.331 e. The summed E-state index contributed by atoms with van der Waals surface area (Å²) in [5, 5.41) is 11.1. The lowest BCUT2D eigenvalue weighted by Crippen LogP contribution is -2.52. The number of hydrogen-bond acceptors (Lipinski definition) is 9. The molecule has 1 rings (SSSR count). The van der Waals surface area contributed by atoms with Crippen LogP contribution < -0.4 is 4.74 Å². The van der Waals surface area contributed by atoms with Crippen molar-refractivity contribution in [1.29, 1.82) is 0 Å². The highest BCUT2D eigenvalue weighted by atomic mass is 28.4. The predicted octanol–water partition coefficient (Wildman–Crippen LogP) is 15.7. The molecule has 0 aliphatic rings. The lowest BCUT2D eigenvalue weighted by atomic mass is 9.96. The monoisotopic (exact) mass is 1010 g/mol. The molecule has 0 heterocycles. The standard InChI is InChI=1S/C59H100O9Si2/c1-42(2)69(43(3)4,44(5)6)67-53(28-24-22-26-30-57(61)64-20)36-37-56(68-70(45(7)8,46(9)10)47(11)12)55(65-41-51-32-34-52(63-19)35-33-51)29-25-21-23-27-48(13)40-54(60)50(15)39-49(14)31-38-58(62)66-59(16,17)18/h21,23,26-27,30-39,42-47,50,53-56,60H,22,24-25,28-29,40-41H2,1-20H3/b23-21+,30-26+,37-36+,38-31+,48-27+,49-39+/t50-,53+,54-,55+,56+/m1/s1. The van der Waals surface area contributed by atoms with Crippen LogP contribution in [0.4, 0.5) is 0 Å². The number of hydrogen-bond donors (Lipinski definition) is 1. The molecule has 398 valence electrons. The lowest BCUT2D eigenvalue weighted by molar-refractivity contribution is -0.148. The zero-order chi connectivity index (χ0) is 53.4. The third kappa shape index (κ3) is 22.2. The molecule has 1 aromatic carbocycles. The molecule has 0 aromatic heterocycles. The third-order valence-electron chi connectivity index (χ3n) is 13.6. The van der Waals surface area contributed by atoms with Crippen LogP contribution in [-0.2, 0) is 39.3 Å². The van der Waals surface area contributed by atoms with Gasteiger partial charge in [-0.2, -0.15) is 0 Å². The summed E-state index contributed by atoms with van der Waals surface area (Å²) >= 11 is 0. The molecule has 11 heteroatoms. The van der Waals surface area contributed by atoms with E-state index >= 15 is 0 Å². The second kappa shape index (κ2) is 32.0. The summed E-state index contributed by atoms with van der Waals surface area (Å²) in [5.74, 6) is -0.0443. The number of carbonyl (C=O) groups is 2. The predicted molar refractivity (Wildman–Crippen MR) is 298 cm³/mol. The van der Waals surface area contributed by atoms with Crippen LogP contribution in [-0.4, -0.2) is 77.9 Å². The van der Waals surface area contributed by atoms with Gasteiger partial charge in [0.05, 0.1) is 45.2 Å². The number of allylic oxidation sites excluding steroid dienone is 6. The Kier molecular flexibility index (Phi) is 29.6. The van der Waals surface area contributed by atoms with Crippen molar-refractivity contribution < 1.29 is 42.5 Å². The van der Waals surface area contributed by atoms with Gasteiger partial charge in [-0.05, 0) is 124 Å². The van der Waals surface area contributed by atoms with E-state index in [1.54, 1.807) is 13.2 Å². The first kappa shape index (κ1) is 64.7. The summed E-state index contributed by atoms with van der Waals surface area (Å²) < 4.78 is 38.0. The number of ether oxygens (including phenoxy) is 4. The lowest BCUT2D eigenvalue weighted by Gasteiger charge is -2.46. The Morgan fingerprint density at radius 1 is 0.686 bits per heavy atom. The number of benzene rings is 1. The molecular weight excluding hydrogens is 909 g/mol. The SMILES string of the molecule is COC(=O)/C=C/CCC[C@@H](/C=C/[C@H](O[Si](C(C)C)(C(C)C)C(C)C)[C@H](CC/C=C/C=C(\C)C[C@@H](O)[C@H](C)/C=C(C)/C=C/C(=O)OC(C)(C)C)OCc1ccc(OC)cc1)O[Si](C(C)C)(C(C)C)C(C)C. The number of carbonyl (C=O) groups excluding carboxylic acids is 2. The second-order valence-corrected chi connectivity index (χ2v) is 33.1. The van der Waals surface area contributed by atoms with Gasteiger partial charge in [0.1, 0.15) is 11.4 Å². The van der Waals surface area contributed by atoms with Gasteiger partial charge in [0.15, 0.2) is 0 Å². The van der Waals surface area contributed by atoms with E-state index in [2.05, 4.69) is 126 Å². The molecule has 0 fully saturated rings. The van der Waals surface area contributed by atoms with Crippen LogP contribution in [0.2, 0.25) is 33.2 Å². The first-order valence-electron chi connectivity index (χ1n) is 26.3. The van der Waals surface area contributed by atoms with Crippen molar-refractivity contribution in [3.8, 4) is 5.75 Å². The van der Waals surface area contributed by atoms with E-state index in [1.807, 2.05) is 65.8 Å². The number of rotatable bonds is 32. The van der Waals surface area contributed by atoms with E-state index in [0.29, 0.717) is 46.3 Å². The van der Waals surface area contributed by atoms with Crippen LogP contribution in [0, 0.1) is 5.92 Å². The fourth-order valence-corrected chi connectivity index (χ4v) is 21.3. The van der Waals surface area contributed by atoms with Crippen LogP contribution >= 0.6 is 0 Å². The largest absolute Gasteiger partial charge is 0.497 e. The molecule has 1 aromatic rings. The van der Waals surface area contributed by atoms with Gasteiger partial charge in [-0.15, -0.1) is 0 Å². The van der Waals surface area contributed by atoms with Crippen LogP contribution in [0.15, 0.2) is 96.2 Å². The van der Waals surface area contributed by atoms with Gasteiger partial charge >= 0.3 is 11.9 Å². The molecule has 0 amide bonds. The number of aliphatic hydroxyl groups excluding tert-OH is 1. The van der Waals surface area contributed by atoms with Crippen molar-refractivity contribution in [1.82, 2.24) is 0 Å². The maximum Gasteiger partial charge on any atom is 0.331 e. The Labute approximate surface area is 429 Å². The summed E-state index contributed by atoms with van der Waals surface area (Å²) in [6.45, 7) is 39.9. The number of unbranched alkanes of at least 4 members (excludes halogenated alkanes) is 1. The number of esters is 2. The first-order valence-corrected chi connectivity index (χ1v) is 30.6. The van der Waals surface area contributed by atoms with E-state index in [1.165, 1.54) is 19.3 Å². The first-order chi connectivity index (χ1) is 32.7. The second-order valence-electron chi connectivity index (χ2n) is 22.2. The minimum Gasteiger partial charge on any atom is -0.497 e. The molecule has 0 spiro atoms. The van der Waals surface area contributed by atoms with Crippen LogP contribution in [0.25, 0.3) is 0 Å². The molecule has 70 heavy (non-hydrogen) atoms. The fraction of sp³-hybridized carbons (Fsp3) is 0.661. The minimum atomic E-state index is -2.43. The number of aliphatic hydroxyl groups is 1. The molecule has 0 aliphatic heterocycles. The van der Waals surface area contributed by atoms with Gasteiger partial charge in [0, 0.05) is 18.1 Å². The molecule has 1 N–H and O–H groups in total. The van der Waals surface area contributed by atoms with Crippen LogP contribution in [0.3, 0.4) is 0 Å². The third-order valence-corrected chi connectivity index (χ3v) is 25.8. The van der Waals surface area contributed by atoms with Gasteiger partial charge < -0.3 is 32.9 Å². The quantitative estimate of drug-likeness (QED) is 0.0188. The van der Waals surface area contributed by atoms with Crippen molar-refractivity contribution in [2.24, 2.45) is 5.92 Å². The summed E-state index contributed by atoms with van der Waals surface area (Å²) in [7, 11) is -1.65. The molecule has 9 nitrogen and oxygen atoms in total. The zero-order valence-electron chi connectivity index (χ0n) is 47.6. The normalized spacial score (nSPS) is 16.0. The van der Waals surface area contributed by atoms with Gasteiger partial charge in [0.2, 0.25) is 16.6 Å². The van der Waals surface area contributed by atoms with E-state index in [9.17, 15) is 14.7 Å². The van der Waals surface area contributed by atoms with Crippen molar-refractivity contribution in [3.63, 3.8) is 0 Å². The molecule has 0 saturated carbocycles. The van der Waals surface area contributed by atoms with Crippen molar-refractivity contribution in [2.45, 2.75) is 233 Å². The minimum absolute atomic E-state index is 0.115. The summed E-state index contributed by atoms with van der Waals surface area (Å²) in [6, 6.07) is 8.07. The van der Waals surface area contributed by atoms with Crippen molar-refractivity contribution >= 4 is 28.6 Å². The van der Waals surface area contributed by atoms with Crippen LogP contribution in [0.1, 0.15) is 169 Å². The summed E-state index contributed by atoms with van der Waals surface area (Å²) in [5.41, 5.74) is 4.79. The molecular formula is C59H100O9Si2. The molecule has 0 unspecified atom stereocenters. The highest BCUT2D eigenvalue weighted by Gasteiger charge is 2.48. The Morgan fingerprint density at radius 2 is 1.24 bits per heavy atom. The fourth-order valence-electron chi connectivity index (χ4n) is 10.2. The Hall–Kier alpha value is -3.33. The van der Waals surface area contributed by atoms with E-state index < -0.39 is 28.3 Å². The summed E-state index contributed by atoms with van der Waals surface area (Å²) in [6.07, 6.45) is 22.5. The Balaban J connectivity index is 3.76. The Morgan fingerprint density at radius 3 is 1.76 bits per heavy atom. The van der Waals surface area contributed by atoms with Crippen molar-refractivity contribution in [2.75, 3.05) is 14.2 Å².